The first-order valence-electron chi connectivity index (χ1n) is 8.77. The lowest BCUT2D eigenvalue weighted by Crippen LogP contribution is -2.13. The highest BCUT2D eigenvalue weighted by Crippen LogP contribution is 2.30. The highest BCUT2D eigenvalue weighted by atomic mass is 16.5. The number of benzene rings is 2. The van der Waals surface area contributed by atoms with E-state index in [4.69, 9.17) is 9.47 Å². The normalized spacial score (nSPS) is 12.4. The fourth-order valence-electron chi connectivity index (χ4n) is 3.25. The van der Waals surface area contributed by atoms with Gasteiger partial charge in [0.25, 0.3) is 0 Å². The molecule has 0 heterocycles. The van der Waals surface area contributed by atoms with Crippen LogP contribution in [-0.2, 0) is 17.6 Å². The summed E-state index contributed by atoms with van der Waals surface area (Å²) < 4.78 is 10.4. The van der Waals surface area contributed by atoms with Crippen molar-refractivity contribution in [2.24, 2.45) is 0 Å². The highest BCUT2D eigenvalue weighted by molar-refractivity contribution is 6.00. The third-order valence-electron chi connectivity index (χ3n) is 4.67. The quantitative estimate of drug-likeness (QED) is 0.769. The van der Waals surface area contributed by atoms with Crippen LogP contribution in [0.1, 0.15) is 40.7 Å². The molecular formula is C21H23NO4. The number of hydrogen-bond acceptors (Lipinski definition) is 4. The number of fused-ring (bicyclic) bond motifs is 1. The number of anilines is 1. The third kappa shape index (κ3) is 4.04. The number of carbonyl (C=O) groups excluding carboxylic acids is 2. The Bertz CT molecular complexity index is 829. The lowest BCUT2D eigenvalue weighted by molar-refractivity contribution is -0.116. The highest BCUT2D eigenvalue weighted by Gasteiger charge is 2.15. The summed E-state index contributed by atoms with van der Waals surface area (Å²) in [5, 5.41) is 2.79. The van der Waals surface area contributed by atoms with Gasteiger partial charge in [0.15, 0.2) is 17.3 Å². The molecule has 1 amide bonds. The second kappa shape index (κ2) is 8.04. The molecule has 0 saturated carbocycles. The number of nitrogens with one attached hydrogen (secondary N) is 1. The van der Waals surface area contributed by atoms with E-state index in [0.717, 1.165) is 19.3 Å². The van der Waals surface area contributed by atoms with Gasteiger partial charge in [-0.2, -0.15) is 0 Å². The first kappa shape index (κ1) is 18.0. The zero-order chi connectivity index (χ0) is 18.5. The first-order chi connectivity index (χ1) is 12.6. The van der Waals surface area contributed by atoms with Crippen molar-refractivity contribution in [3.8, 4) is 11.5 Å². The third-order valence-corrected chi connectivity index (χ3v) is 4.67. The summed E-state index contributed by atoms with van der Waals surface area (Å²) in [6.45, 7) is 0. The molecule has 136 valence electrons. The van der Waals surface area contributed by atoms with Crippen molar-refractivity contribution in [3.63, 3.8) is 0 Å². The van der Waals surface area contributed by atoms with E-state index in [1.54, 1.807) is 32.4 Å². The molecule has 2 aromatic carbocycles. The van der Waals surface area contributed by atoms with E-state index in [2.05, 4.69) is 5.32 Å². The van der Waals surface area contributed by atoms with Crippen LogP contribution in [0.5, 0.6) is 11.5 Å². The minimum atomic E-state index is -0.202. The van der Waals surface area contributed by atoms with Gasteiger partial charge >= 0.3 is 0 Å². The first-order valence-corrected chi connectivity index (χ1v) is 8.77. The van der Waals surface area contributed by atoms with Gasteiger partial charge in [-0.15, -0.1) is 0 Å². The molecule has 0 aliphatic heterocycles. The van der Waals surface area contributed by atoms with Gasteiger partial charge in [0.05, 0.1) is 14.2 Å². The Morgan fingerprint density at radius 2 is 1.69 bits per heavy atom. The maximum absolute atomic E-state index is 12.4. The van der Waals surface area contributed by atoms with E-state index in [-0.39, 0.29) is 24.5 Å². The number of carbonyl (C=O) groups is 2. The summed E-state index contributed by atoms with van der Waals surface area (Å²) in [5.74, 6) is 0.936. The molecule has 0 aromatic heterocycles. The van der Waals surface area contributed by atoms with E-state index in [1.807, 2.05) is 18.2 Å². The minimum Gasteiger partial charge on any atom is -0.493 e. The van der Waals surface area contributed by atoms with Crippen LogP contribution in [0.2, 0.25) is 0 Å². The molecule has 0 atom stereocenters. The van der Waals surface area contributed by atoms with Crippen LogP contribution in [-0.4, -0.2) is 25.9 Å². The largest absolute Gasteiger partial charge is 0.493 e. The van der Waals surface area contributed by atoms with Gasteiger partial charge < -0.3 is 14.8 Å². The molecule has 3 rings (SSSR count). The van der Waals surface area contributed by atoms with Crippen LogP contribution in [0.25, 0.3) is 0 Å². The number of hydrogen-bond donors (Lipinski definition) is 1. The van der Waals surface area contributed by atoms with Crippen LogP contribution in [0.3, 0.4) is 0 Å². The van der Waals surface area contributed by atoms with Gasteiger partial charge in [-0.25, -0.2) is 0 Å². The van der Waals surface area contributed by atoms with E-state index < -0.39 is 0 Å². The van der Waals surface area contributed by atoms with Gasteiger partial charge in [-0.05, 0) is 48.6 Å². The average Bonchev–Trinajstić information content (AvgIpc) is 3.13. The van der Waals surface area contributed by atoms with Crippen LogP contribution in [0.4, 0.5) is 5.69 Å². The van der Waals surface area contributed by atoms with E-state index in [1.165, 1.54) is 11.1 Å². The van der Waals surface area contributed by atoms with Crippen molar-refractivity contribution in [1.29, 1.82) is 0 Å². The molecule has 0 fully saturated rings. The summed E-state index contributed by atoms with van der Waals surface area (Å²) in [4.78, 5) is 24.5. The molecule has 5 heteroatoms. The summed E-state index contributed by atoms with van der Waals surface area (Å²) in [6, 6.07) is 11.1. The second-order valence-corrected chi connectivity index (χ2v) is 6.38. The lowest BCUT2D eigenvalue weighted by Gasteiger charge is -2.10. The molecule has 26 heavy (non-hydrogen) atoms. The zero-order valence-corrected chi connectivity index (χ0v) is 15.1. The number of rotatable bonds is 7. The molecular weight excluding hydrogens is 330 g/mol. The average molecular weight is 353 g/mol. The molecule has 0 saturated heterocycles. The molecule has 2 aromatic rings. The summed E-state index contributed by atoms with van der Waals surface area (Å²) in [5.41, 5.74) is 3.92. The summed E-state index contributed by atoms with van der Waals surface area (Å²) in [7, 11) is 3.10. The molecule has 0 unspecified atom stereocenters. The van der Waals surface area contributed by atoms with Crippen molar-refractivity contribution in [1.82, 2.24) is 0 Å². The number of methoxy groups -OCH3 is 2. The molecule has 0 radical (unpaired) electrons. The maximum atomic E-state index is 12.4. The maximum Gasteiger partial charge on any atom is 0.224 e. The van der Waals surface area contributed by atoms with Gasteiger partial charge in [-0.1, -0.05) is 12.1 Å². The van der Waals surface area contributed by atoms with E-state index >= 15 is 0 Å². The number of Topliss-reactive ketones (excluding diaryl/α,β-unsaturated/α-hetero) is 1. The Balaban J connectivity index is 1.56. The molecule has 1 N–H and O–H groups in total. The van der Waals surface area contributed by atoms with Crippen molar-refractivity contribution in [2.75, 3.05) is 19.5 Å². The van der Waals surface area contributed by atoms with E-state index in [9.17, 15) is 9.59 Å². The Kier molecular flexibility index (Phi) is 5.56. The fraction of sp³-hybridized carbons (Fsp3) is 0.333. The minimum absolute atomic E-state index is 0.00200. The predicted octanol–water partition coefficient (Wildman–Crippen LogP) is 3.79. The van der Waals surface area contributed by atoms with Crippen LogP contribution in [0.15, 0.2) is 36.4 Å². The van der Waals surface area contributed by atoms with Crippen molar-refractivity contribution >= 4 is 17.4 Å². The van der Waals surface area contributed by atoms with Crippen molar-refractivity contribution in [2.45, 2.75) is 32.1 Å². The summed E-state index contributed by atoms with van der Waals surface area (Å²) >= 11 is 0. The number of ketones is 1. The fourth-order valence-corrected chi connectivity index (χ4v) is 3.25. The second-order valence-electron chi connectivity index (χ2n) is 6.38. The standard InChI is InChI=1S/C21H23NO4/c1-25-19-10-8-17(13-20(19)26-2)22-21(24)11-9-18(23)16-7-6-14-4-3-5-15(14)12-16/h6-8,10,12-13H,3-5,9,11H2,1-2H3,(H,22,24). The van der Waals surface area contributed by atoms with E-state index in [0.29, 0.717) is 22.7 Å². The van der Waals surface area contributed by atoms with Crippen LogP contribution < -0.4 is 14.8 Å². The monoisotopic (exact) mass is 353 g/mol. The van der Waals surface area contributed by atoms with Crippen LogP contribution in [0, 0.1) is 0 Å². The van der Waals surface area contributed by atoms with Crippen molar-refractivity contribution < 1.29 is 19.1 Å². The SMILES string of the molecule is COc1ccc(NC(=O)CCC(=O)c2ccc3c(c2)CCC3)cc1OC. The molecule has 1 aliphatic carbocycles. The van der Waals surface area contributed by atoms with Gasteiger partial charge in [0.2, 0.25) is 5.91 Å². The Morgan fingerprint density at radius 3 is 2.46 bits per heavy atom. The van der Waals surface area contributed by atoms with Gasteiger partial charge in [0.1, 0.15) is 0 Å². The Morgan fingerprint density at radius 1 is 0.923 bits per heavy atom. The predicted molar refractivity (Wildman–Crippen MR) is 100 cm³/mol. The number of ether oxygens (including phenoxy) is 2. The van der Waals surface area contributed by atoms with Crippen molar-refractivity contribution in [3.05, 3.63) is 53.1 Å². The lowest BCUT2D eigenvalue weighted by atomic mass is 10.0. The molecule has 0 bridgehead atoms. The molecule has 5 nitrogen and oxygen atoms in total. The summed E-state index contributed by atoms with van der Waals surface area (Å²) in [6.07, 6.45) is 3.62. The Hall–Kier alpha value is -2.82. The number of amides is 1. The Labute approximate surface area is 153 Å². The smallest absolute Gasteiger partial charge is 0.224 e. The zero-order valence-electron chi connectivity index (χ0n) is 15.1. The van der Waals surface area contributed by atoms with Crippen LogP contribution >= 0.6 is 0 Å². The molecule has 1 aliphatic rings. The molecule has 0 spiro atoms. The van der Waals surface area contributed by atoms with Gasteiger partial charge in [-0.3, -0.25) is 9.59 Å². The van der Waals surface area contributed by atoms with Gasteiger partial charge in [0, 0.05) is 30.2 Å². The number of aryl methyl sites for hydroxylation is 2. The topological polar surface area (TPSA) is 64.6 Å².